The maximum Gasteiger partial charge on any atom is 0.322 e. The van der Waals surface area contributed by atoms with E-state index in [1.807, 2.05) is 30.3 Å². The molecule has 0 saturated carbocycles. The van der Waals surface area contributed by atoms with Gasteiger partial charge in [-0.15, -0.1) is 24.8 Å². The smallest absolute Gasteiger partial charge is 0.322 e. The molecule has 3 nitrogen and oxygen atoms in total. The van der Waals surface area contributed by atoms with Gasteiger partial charge in [0.15, 0.2) is 0 Å². The molecule has 0 spiro atoms. The Labute approximate surface area is 143 Å². The maximum atomic E-state index is 11.3. The van der Waals surface area contributed by atoms with Gasteiger partial charge in [-0.2, -0.15) is 0 Å². The Morgan fingerprint density at radius 2 is 1.73 bits per heavy atom. The molecule has 0 saturated heterocycles. The molecule has 2 aromatic carbocycles. The summed E-state index contributed by atoms with van der Waals surface area (Å²) in [4.78, 5) is 11.3. The standard InChI is InChI=1S/C17H19NO2.2ClH/c1-12-4-3-5-15(10-12)14-8-6-13(7-9-14)11-16(18)17(19)20-2;;/h3-10,16H,11,18H2,1-2H3;2*1H/t16-;;/m0../s1. The van der Waals surface area contributed by atoms with Crippen LogP contribution < -0.4 is 5.73 Å². The highest BCUT2D eigenvalue weighted by Gasteiger charge is 2.13. The quantitative estimate of drug-likeness (QED) is 0.865. The molecule has 0 aliphatic heterocycles. The summed E-state index contributed by atoms with van der Waals surface area (Å²) in [5, 5.41) is 0. The fourth-order valence-corrected chi connectivity index (χ4v) is 2.15. The van der Waals surface area contributed by atoms with Gasteiger partial charge in [0.25, 0.3) is 0 Å². The highest BCUT2D eigenvalue weighted by molar-refractivity contribution is 5.85. The molecule has 120 valence electrons. The van der Waals surface area contributed by atoms with Crippen LogP contribution in [0.25, 0.3) is 11.1 Å². The number of hydrogen-bond acceptors (Lipinski definition) is 3. The zero-order valence-electron chi connectivity index (χ0n) is 12.6. The second-order valence-electron chi connectivity index (χ2n) is 4.90. The van der Waals surface area contributed by atoms with Gasteiger partial charge in [0.05, 0.1) is 7.11 Å². The van der Waals surface area contributed by atoms with Crippen LogP contribution in [0, 0.1) is 6.92 Å². The average Bonchev–Trinajstić information content (AvgIpc) is 2.47. The molecule has 2 aromatic rings. The zero-order valence-corrected chi connectivity index (χ0v) is 14.2. The van der Waals surface area contributed by atoms with Crippen LogP contribution in [0.4, 0.5) is 0 Å². The molecule has 0 aromatic heterocycles. The summed E-state index contributed by atoms with van der Waals surface area (Å²) in [6, 6.07) is 15.9. The van der Waals surface area contributed by atoms with E-state index >= 15 is 0 Å². The van der Waals surface area contributed by atoms with E-state index in [9.17, 15) is 4.79 Å². The number of nitrogens with two attached hydrogens (primary N) is 1. The lowest BCUT2D eigenvalue weighted by molar-refractivity contribution is -0.142. The van der Waals surface area contributed by atoms with Gasteiger partial charge in [-0.25, -0.2) is 0 Å². The van der Waals surface area contributed by atoms with Crippen molar-refractivity contribution in [2.24, 2.45) is 5.73 Å². The summed E-state index contributed by atoms with van der Waals surface area (Å²) >= 11 is 0. The Hall–Kier alpha value is -1.55. The van der Waals surface area contributed by atoms with E-state index in [1.54, 1.807) is 0 Å². The van der Waals surface area contributed by atoms with E-state index in [0.717, 1.165) is 11.1 Å². The summed E-state index contributed by atoms with van der Waals surface area (Å²) in [6.45, 7) is 2.08. The Bertz CT molecular complexity index is 600. The molecule has 0 bridgehead atoms. The Morgan fingerprint density at radius 1 is 1.09 bits per heavy atom. The molecule has 2 N–H and O–H groups in total. The van der Waals surface area contributed by atoms with E-state index < -0.39 is 6.04 Å². The SMILES string of the molecule is COC(=O)[C@@H](N)Cc1ccc(-c2cccc(C)c2)cc1.Cl.Cl. The normalized spacial score (nSPS) is 10.9. The fourth-order valence-electron chi connectivity index (χ4n) is 2.15. The number of benzene rings is 2. The topological polar surface area (TPSA) is 52.3 Å². The molecule has 2 rings (SSSR count). The van der Waals surface area contributed by atoms with Crippen molar-refractivity contribution in [3.63, 3.8) is 0 Å². The molecule has 0 fully saturated rings. The van der Waals surface area contributed by atoms with Crippen molar-refractivity contribution in [1.82, 2.24) is 0 Å². The van der Waals surface area contributed by atoms with Crippen molar-refractivity contribution >= 4 is 30.8 Å². The number of ether oxygens (including phenoxy) is 1. The van der Waals surface area contributed by atoms with Crippen molar-refractivity contribution in [1.29, 1.82) is 0 Å². The first-order valence-electron chi connectivity index (χ1n) is 6.59. The third-order valence-corrected chi connectivity index (χ3v) is 3.26. The first-order chi connectivity index (χ1) is 9.60. The predicted octanol–water partition coefficient (Wildman–Crippen LogP) is 3.55. The number of hydrogen-bond donors (Lipinski definition) is 1. The molecular weight excluding hydrogens is 321 g/mol. The lowest BCUT2D eigenvalue weighted by atomic mass is 10.00. The Kier molecular flexibility index (Phi) is 8.80. The highest BCUT2D eigenvalue weighted by Crippen LogP contribution is 2.21. The van der Waals surface area contributed by atoms with Crippen molar-refractivity contribution in [3.05, 3.63) is 59.7 Å². The largest absolute Gasteiger partial charge is 0.468 e. The molecular formula is C17H21Cl2NO2. The van der Waals surface area contributed by atoms with E-state index in [-0.39, 0.29) is 30.8 Å². The number of halogens is 2. The summed E-state index contributed by atoms with van der Waals surface area (Å²) in [5.74, 6) is -0.382. The van der Waals surface area contributed by atoms with Gasteiger partial charge in [0.1, 0.15) is 6.04 Å². The molecule has 0 unspecified atom stereocenters. The van der Waals surface area contributed by atoms with Crippen LogP contribution in [-0.2, 0) is 16.0 Å². The van der Waals surface area contributed by atoms with Gasteiger partial charge < -0.3 is 10.5 Å². The lowest BCUT2D eigenvalue weighted by Crippen LogP contribution is -2.33. The average molecular weight is 342 g/mol. The van der Waals surface area contributed by atoms with Gasteiger partial charge >= 0.3 is 5.97 Å². The predicted molar refractivity (Wildman–Crippen MR) is 94.8 cm³/mol. The van der Waals surface area contributed by atoms with E-state index in [2.05, 4.69) is 29.9 Å². The van der Waals surface area contributed by atoms with E-state index in [4.69, 9.17) is 5.73 Å². The third-order valence-electron chi connectivity index (χ3n) is 3.26. The van der Waals surface area contributed by atoms with Crippen LogP contribution in [-0.4, -0.2) is 19.1 Å². The first-order valence-corrected chi connectivity index (χ1v) is 6.59. The summed E-state index contributed by atoms with van der Waals surface area (Å²) < 4.78 is 4.63. The van der Waals surface area contributed by atoms with Crippen LogP contribution in [0.5, 0.6) is 0 Å². The minimum atomic E-state index is -0.607. The second kappa shape index (κ2) is 9.46. The molecule has 5 heteroatoms. The Morgan fingerprint density at radius 3 is 2.27 bits per heavy atom. The van der Waals surface area contributed by atoms with Crippen LogP contribution in [0.3, 0.4) is 0 Å². The highest BCUT2D eigenvalue weighted by atomic mass is 35.5. The number of carbonyl (C=O) groups is 1. The van der Waals surface area contributed by atoms with Crippen molar-refractivity contribution in [3.8, 4) is 11.1 Å². The zero-order chi connectivity index (χ0) is 14.5. The van der Waals surface area contributed by atoms with Crippen LogP contribution >= 0.6 is 24.8 Å². The molecule has 0 aliphatic rings. The monoisotopic (exact) mass is 341 g/mol. The summed E-state index contributed by atoms with van der Waals surface area (Å²) in [6.07, 6.45) is 0.487. The van der Waals surface area contributed by atoms with Gasteiger partial charge in [-0.05, 0) is 30.0 Å². The summed E-state index contributed by atoms with van der Waals surface area (Å²) in [7, 11) is 1.35. The number of methoxy groups -OCH3 is 1. The van der Waals surface area contributed by atoms with Crippen molar-refractivity contribution in [2.75, 3.05) is 7.11 Å². The van der Waals surface area contributed by atoms with Gasteiger partial charge in [0.2, 0.25) is 0 Å². The molecule has 22 heavy (non-hydrogen) atoms. The number of esters is 1. The van der Waals surface area contributed by atoms with Crippen LogP contribution in [0.1, 0.15) is 11.1 Å². The third kappa shape index (κ3) is 5.34. The molecule has 0 radical (unpaired) electrons. The minimum absolute atomic E-state index is 0. The molecule has 0 heterocycles. The number of rotatable bonds is 4. The van der Waals surface area contributed by atoms with Crippen LogP contribution in [0.15, 0.2) is 48.5 Å². The molecule has 1 atom stereocenters. The molecule has 0 amide bonds. The van der Waals surface area contributed by atoms with Crippen LogP contribution in [0.2, 0.25) is 0 Å². The van der Waals surface area contributed by atoms with Crippen molar-refractivity contribution < 1.29 is 9.53 Å². The second-order valence-corrected chi connectivity index (χ2v) is 4.90. The Balaban J connectivity index is 0.00000220. The minimum Gasteiger partial charge on any atom is -0.468 e. The lowest BCUT2D eigenvalue weighted by Gasteiger charge is -2.10. The van der Waals surface area contributed by atoms with Crippen molar-refractivity contribution in [2.45, 2.75) is 19.4 Å². The van der Waals surface area contributed by atoms with Gasteiger partial charge in [-0.3, -0.25) is 4.79 Å². The van der Waals surface area contributed by atoms with Gasteiger partial charge in [0, 0.05) is 0 Å². The number of carbonyl (C=O) groups excluding carboxylic acids is 1. The summed E-state index contributed by atoms with van der Waals surface area (Å²) in [5.41, 5.74) is 10.4. The van der Waals surface area contributed by atoms with E-state index in [1.165, 1.54) is 18.2 Å². The maximum absolute atomic E-state index is 11.3. The van der Waals surface area contributed by atoms with Gasteiger partial charge in [-0.1, -0.05) is 54.1 Å². The van der Waals surface area contributed by atoms with E-state index in [0.29, 0.717) is 6.42 Å². The fraction of sp³-hybridized carbons (Fsp3) is 0.235. The number of aryl methyl sites for hydroxylation is 1. The molecule has 0 aliphatic carbocycles. The first kappa shape index (κ1) is 20.5.